The van der Waals surface area contributed by atoms with Crippen molar-refractivity contribution >= 4 is 22.9 Å². The maximum absolute atomic E-state index is 13.7. The number of piperidine rings is 2. The zero-order valence-corrected chi connectivity index (χ0v) is 26.6. The first-order valence-electron chi connectivity index (χ1n) is 15.3. The molecule has 3 atom stereocenters. The number of nitrogens with zero attached hydrogens (tertiary/aromatic N) is 3. The molecule has 9 nitrogen and oxygen atoms in total. The number of allylic oxidation sites excluding steroid dienone is 2. The van der Waals surface area contributed by atoms with Gasteiger partial charge in [0.2, 0.25) is 5.91 Å². The predicted octanol–water partition coefficient (Wildman–Crippen LogP) is 5.03. The van der Waals surface area contributed by atoms with Crippen LogP contribution in [0.4, 0.5) is 19.2 Å². The molecule has 1 aromatic carbocycles. The van der Waals surface area contributed by atoms with Crippen molar-refractivity contribution < 1.29 is 26.6 Å². The van der Waals surface area contributed by atoms with E-state index in [-0.39, 0.29) is 17.4 Å². The molecule has 0 saturated carbocycles. The molecule has 0 spiro atoms. The fraction of sp³-hybridized carbons (Fsp3) is 0.500. The molecule has 3 unspecified atom stereocenters. The van der Waals surface area contributed by atoms with Crippen LogP contribution in [0.1, 0.15) is 56.5 Å². The quantitative estimate of drug-likeness (QED) is 0.328. The minimum Gasteiger partial charge on any atom is -0.427 e. The Morgan fingerprint density at radius 1 is 1.20 bits per heavy atom. The van der Waals surface area contributed by atoms with Gasteiger partial charge in [-0.2, -0.15) is 18.2 Å². The second kappa shape index (κ2) is 16.2. The maximum atomic E-state index is 13.7. The van der Waals surface area contributed by atoms with E-state index in [0.29, 0.717) is 31.2 Å². The first-order valence-corrected chi connectivity index (χ1v) is 16.5. The van der Waals surface area contributed by atoms with Crippen molar-refractivity contribution in [2.24, 2.45) is 5.92 Å². The molecule has 1 aromatic heterocycles. The van der Waals surface area contributed by atoms with Crippen LogP contribution in [0.5, 0.6) is 0 Å². The van der Waals surface area contributed by atoms with Crippen LogP contribution < -0.4 is 20.3 Å². The number of nitrogens with one attached hydrogen (secondary N) is 3. The number of carbonyl (C=O) groups is 1. The third-order valence-electron chi connectivity index (χ3n) is 7.79. The fourth-order valence-corrected chi connectivity index (χ4v) is 6.73. The molecule has 0 bridgehead atoms. The average molecular weight is 649 g/mol. The Bertz CT molecular complexity index is 1360. The number of dihydropyridines is 1. The summed E-state index contributed by atoms with van der Waals surface area (Å²) in [5.74, 6) is -0.791. The van der Waals surface area contributed by atoms with Crippen LogP contribution in [0, 0.1) is 5.92 Å². The number of anilines is 1. The second-order valence-electron chi connectivity index (χ2n) is 11.5. The summed E-state index contributed by atoms with van der Waals surface area (Å²) in [4.78, 5) is 20.4. The van der Waals surface area contributed by atoms with Crippen LogP contribution in [-0.2, 0) is 34.9 Å². The molecule has 246 valence electrons. The number of benzene rings is 1. The van der Waals surface area contributed by atoms with Crippen LogP contribution >= 0.6 is 0 Å². The van der Waals surface area contributed by atoms with Crippen molar-refractivity contribution in [2.45, 2.75) is 70.1 Å². The van der Waals surface area contributed by atoms with Gasteiger partial charge in [-0.3, -0.25) is 9.69 Å². The molecule has 2 saturated heterocycles. The van der Waals surface area contributed by atoms with Gasteiger partial charge in [0.05, 0.1) is 34.5 Å². The summed E-state index contributed by atoms with van der Waals surface area (Å²) >= 11 is 0. The molecule has 5 rings (SSSR count). The lowest BCUT2D eigenvalue weighted by Crippen LogP contribution is -2.50. The van der Waals surface area contributed by atoms with Crippen LogP contribution in [-0.4, -0.2) is 57.6 Å². The zero-order chi connectivity index (χ0) is 32.4. The van der Waals surface area contributed by atoms with Crippen LogP contribution in [0.2, 0.25) is 0 Å². The number of likely N-dealkylation sites (tertiary alicyclic amines) is 1. The minimum absolute atomic E-state index is 0.0689. The maximum Gasteiger partial charge on any atom is 0.436 e. The van der Waals surface area contributed by atoms with E-state index >= 15 is 0 Å². The van der Waals surface area contributed by atoms with Crippen LogP contribution in [0.15, 0.2) is 71.5 Å². The topological polar surface area (TPSA) is 103 Å². The first kappa shape index (κ1) is 34.5. The van der Waals surface area contributed by atoms with E-state index in [9.17, 15) is 22.2 Å². The van der Waals surface area contributed by atoms with Crippen molar-refractivity contribution in [1.29, 1.82) is 0 Å². The zero-order valence-electron chi connectivity index (χ0n) is 25.8. The lowest BCUT2D eigenvalue weighted by Gasteiger charge is -2.37. The Morgan fingerprint density at radius 3 is 2.53 bits per heavy atom. The highest BCUT2D eigenvalue weighted by molar-refractivity contribution is 7.83. The summed E-state index contributed by atoms with van der Waals surface area (Å²) in [6.45, 7) is 10.5. The number of aromatic nitrogens is 1. The molecule has 3 aliphatic rings. The molecule has 2 fully saturated rings. The van der Waals surface area contributed by atoms with E-state index in [1.54, 1.807) is 23.3 Å². The summed E-state index contributed by atoms with van der Waals surface area (Å²) in [5.41, 5.74) is 0.375. The number of alkyl halides is 3. The van der Waals surface area contributed by atoms with Crippen molar-refractivity contribution in [3.8, 4) is 0 Å². The Kier molecular flexibility index (Phi) is 12.4. The second-order valence-corrected chi connectivity index (χ2v) is 13.1. The molecule has 4 heterocycles. The fourth-order valence-electron chi connectivity index (χ4n) is 5.54. The Balaban J connectivity index is 0.00000148. The van der Waals surface area contributed by atoms with Crippen molar-refractivity contribution in [2.75, 3.05) is 31.1 Å². The Morgan fingerprint density at radius 2 is 1.91 bits per heavy atom. The summed E-state index contributed by atoms with van der Waals surface area (Å²) in [6, 6.07) is 9.78. The number of amides is 1. The van der Waals surface area contributed by atoms with Crippen molar-refractivity contribution in [3.63, 3.8) is 0 Å². The van der Waals surface area contributed by atoms with E-state index in [0.717, 1.165) is 44.3 Å². The van der Waals surface area contributed by atoms with Gasteiger partial charge in [-0.15, -0.1) is 6.58 Å². The number of rotatable bonds is 9. The highest BCUT2D eigenvalue weighted by Crippen LogP contribution is 2.35. The third-order valence-corrected chi connectivity index (χ3v) is 9.29. The molecule has 1 amide bonds. The highest BCUT2D eigenvalue weighted by atomic mass is 32.2. The number of hydrogen-bond donors (Lipinski definition) is 3. The Labute approximate surface area is 265 Å². The SMILES string of the molecule is C=CC.CC1CCCN(c2nc(C(F)(F)F)c(CC(=O)NC3=CNC(N4CCC(S(=O)NCc5ccccc5)CC4)C=C3)o2)C1. The van der Waals surface area contributed by atoms with Crippen LogP contribution in [0.3, 0.4) is 0 Å². The van der Waals surface area contributed by atoms with Gasteiger partial charge in [-0.05, 0) is 56.2 Å². The van der Waals surface area contributed by atoms with Gasteiger partial charge in [-0.25, -0.2) is 8.93 Å². The largest absolute Gasteiger partial charge is 0.436 e. The van der Waals surface area contributed by atoms with Gasteiger partial charge in [0.1, 0.15) is 5.76 Å². The molecule has 0 radical (unpaired) electrons. The van der Waals surface area contributed by atoms with E-state index in [4.69, 9.17) is 4.42 Å². The van der Waals surface area contributed by atoms with E-state index in [2.05, 4.69) is 31.8 Å². The van der Waals surface area contributed by atoms with E-state index in [1.807, 2.05) is 50.3 Å². The van der Waals surface area contributed by atoms with Gasteiger partial charge in [-0.1, -0.05) is 43.3 Å². The molecule has 45 heavy (non-hydrogen) atoms. The molecule has 2 aromatic rings. The summed E-state index contributed by atoms with van der Waals surface area (Å²) in [6.07, 6.45) is 5.02. The number of oxazole rings is 1. The van der Waals surface area contributed by atoms with Crippen molar-refractivity contribution in [1.82, 2.24) is 25.2 Å². The summed E-state index contributed by atoms with van der Waals surface area (Å²) in [5, 5.41) is 5.96. The monoisotopic (exact) mass is 648 g/mol. The smallest absolute Gasteiger partial charge is 0.427 e. The average Bonchev–Trinajstić information content (AvgIpc) is 3.46. The standard InChI is InChI=1S/C29H37F3N6O3S.C3H6/c1-20-6-5-13-38(19-20)28-36-27(29(30,31)32)24(41-28)16-26(39)35-22-9-10-25(33-18-22)37-14-11-23(12-15-37)42(40)34-17-21-7-3-2-4-8-21;1-3-2/h2-4,7-10,18,20,23,25,33-34H,5-6,11-17,19H2,1H3,(H,35,39);3H,1H2,2H3. The lowest BCUT2D eigenvalue weighted by atomic mass is 10.0. The van der Waals surface area contributed by atoms with Gasteiger partial charge in [0.25, 0.3) is 6.01 Å². The van der Waals surface area contributed by atoms with E-state index < -0.39 is 40.9 Å². The van der Waals surface area contributed by atoms with Crippen molar-refractivity contribution in [3.05, 3.63) is 84.1 Å². The minimum atomic E-state index is -4.73. The number of carbonyl (C=O) groups excluding carboxylic acids is 1. The predicted molar refractivity (Wildman–Crippen MR) is 170 cm³/mol. The number of hydrogen-bond acceptors (Lipinski definition) is 7. The first-order chi connectivity index (χ1) is 21.6. The molecule has 3 N–H and O–H groups in total. The van der Waals surface area contributed by atoms with Gasteiger partial charge >= 0.3 is 6.18 Å². The van der Waals surface area contributed by atoms with Gasteiger partial charge < -0.3 is 20.0 Å². The Hall–Kier alpha value is -3.42. The molecule has 3 aliphatic heterocycles. The van der Waals surface area contributed by atoms with Gasteiger partial charge in [0, 0.05) is 38.9 Å². The number of halogens is 3. The lowest BCUT2D eigenvalue weighted by molar-refractivity contribution is -0.142. The molecule has 0 aliphatic carbocycles. The van der Waals surface area contributed by atoms with Gasteiger partial charge in [0.15, 0.2) is 5.69 Å². The normalized spacial score (nSPS) is 21.6. The summed E-state index contributed by atoms with van der Waals surface area (Å²) in [7, 11) is -1.13. The summed E-state index contributed by atoms with van der Waals surface area (Å²) < 4.78 is 62.4. The van der Waals surface area contributed by atoms with E-state index in [1.165, 1.54) is 0 Å². The molecule has 13 heteroatoms. The molecular weight excluding hydrogens is 605 g/mol. The third kappa shape index (κ3) is 10.0. The highest BCUT2D eigenvalue weighted by Gasteiger charge is 2.40. The molecular formula is C32H43F3N6O3S. The van der Waals surface area contributed by atoms with Crippen LogP contribution in [0.25, 0.3) is 0 Å².